The van der Waals surface area contributed by atoms with Crippen LogP contribution in [0.4, 0.5) is 16.2 Å². The molecule has 0 bridgehead atoms. The van der Waals surface area contributed by atoms with Gasteiger partial charge in [0, 0.05) is 52.0 Å². The predicted molar refractivity (Wildman–Crippen MR) is 98.5 cm³/mol. The van der Waals surface area contributed by atoms with Gasteiger partial charge in [0.25, 0.3) is 0 Å². The monoisotopic (exact) mass is 379 g/mol. The van der Waals surface area contributed by atoms with E-state index >= 15 is 0 Å². The van der Waals surface area contributed by atoms with E-state index in [1.165, 1.54) is 22.5 Å². The van der Waals surface area contributed by atoms with Gasteiger partial charge in [0.05, 0.1) is 4.90 Å². The fourth-order valence-electron chi connectivity index (χ4n) is 2.81. The number of aryl methyl sites for hydroxylation is 1. The Morgan fingerprint density at radius 3 is 2.38 bits per heavy atom. The first-order valence-corrected chi connectivity index (χ1v) is 9.75. The third kappa shape index (κ3) is 3.78. The molecule has 0 spiro atoms. The number of sulfonamides is 1. The molecule has 0 unspecified atom stereocenters. The Balaban J connectivity index is 1.75. The molecule has 0 atom stereocenters. The van der Waals surface area contributed by atoms with Crippen molar-refractivity contribution in [3.05, 3.63) is 41.8 Å². The minimum Gasteiger partial charge on any atom is -0.363 e. The molecule has 1 fully saturated rings. The molecule has 1 aliphatic heterocycles. The minimum atomic E-state index is -3.70. The van der Waals surface area contributed by atoms with E-state index in [0.717, 1.165) is 17.6 Å². The number of hydrogen-bond acceptors (Lipinski definition) is 6. The van der Waals surface area contributed by atoms with Gasteiger partial charge in [-0.05, 0) is 25.1 Å². The van der Waals surface area contributed by atoms with Crippen LogP contribution in [0.25, 0.3) is 0 Å². The molecule has 1 aromatic heterocycles. The number of halogens is 1. The molecule has 140 valence electrons. The third-order valence-corrected chi connectivity index (χ3v) is 6.14. The van der Waals surface area contributed by atoms with Gasteiger partial charge in [-0.3, -0.25) is 0 Å². The number of rotatable bonds is 4. The topological polar surface area (TPSA) is 69.6 Å². The molecule has 2 heterocycles. The van der Waals surface area contributed by atoms with Gasteiger partial charge < -0.3 is 9.80 Å². The maximum Gasteiger partial charge on any atom is 0.243 e. The van der Waals surface area contributed by atoms with Gasteiger partial charge in [-0.15, -0.1) is 0 Å². The van der Waals surface area contributed by atoms with Crippen molar-refractivity contribution in [1.82, 2.24) is 14.3 Å². The SMILES string of the molecule is Cc1cc(N(C)C)nc(N2CCN(S(=O)(=O)c3cccc(F)c3)CC2)n1. The van der Waals surface area contributed by atoms with Gasteiger partial charge in [0.15, 0.2) is 0 Å². The van der Waals surface area contributed by atoms with Crippen molar-refractivity contribution in [3.63, 3.8) is 0 Å². The molecule has 1 saturated heterocycles. The Bertz CT molecular complexity index is 896. The summed E-state index contributed by atoms with van der Waals surface area (Å²) >= 11 is 0. The fraction of sp³-hybridized carbons (Fsp3) is 0.412. The first-order valence-electron chi connectivity index (χ1n) is 8.31. The summed E-state index contributed by atoms with van der Waals surface area (Å²) in [4.78, 5) is 12.9. The van der Waals surface area contributed by atoms with E-state index in [-0.39, 0.29) is 4.90 Å². The lowest BCUT2D eigenvalue weighted by Gasteiger charge is -2.34. The Morgan fingerprint density at radius 2 is 1.77 bits per heavy atom. The summed E-state index contributed by atoms with van der Waals surface area (Å²) in [6, 6.07) is 7.00. The van der Waals surface area contributed by atoms with Crippen molar-refractivity contribution in [2.75, 3.05) is 50.1 Å². The average molecular weight is 379 g/mol. The van der Waals surface area contributed by atoms with E-state index < -0.39 is 15.8 Å². The normalized spacial score (nSPS) is 15.9. The van der Waals surface area contributed by atoms with Crippen LogP contribution in [-0.4, -0.2) is 63.0 Å². The molecule has 1 aliphatic rings. The summed E-state index contributed by atoms with van der Waals surface area (Å²) in [6.45, 7) is 3.46. The first-order chi connectivity index (χ1) is 12.3. The van der Waals surface area contributed by atoms with E-state index in [0.29, 0.717) is 32.1 Å². The lowest BCUT2D eigenvalue weighted by atomic mass is 10.3. The molecule has 3 rings (SSSR count). The summed E-state index contributed by atoms with van der Waals surface area (Å²) in [5.41, 5.74) is 0.855. The molecule has 7 nitrogen and oxygen atoms in total. The molecular formula is C17H22FN5O2S. The van der Waals surface area contributed by atoms with Crippen LogP contribution in [0.5, 0.6) is 0 Å². The Kier molecular flexibility index (Phi) is 5.10. The highest BCUT2D eigenvalue weighted by molar-refractivity contribution is 7.89. The van der Waals surface area contributed by atoms with Crippen LogP contribution in [0.15, 0.2) is 35.2 Å². The van der Waals surface area contributed by atoms with Crippen LogP contribution in [0.2, 0.25) is 0 Å². The Hall–Kier alpha value is -2.26. The molecule has 1 aromatic carbocycles. The number of nitrogens with zero attached hydrogens (tertiary/aromatic N) is 5. The van der Waals surface area contributed by atoms with E-state index in [2.05, 4.69) is 9.97 Å². The fourth-order valence-corrected chi connectivity index (χ4v) is 4.27. The van der Waals surface area contributed by atoms with E-state index in [1.807, 2.05) is 36.9 Å². The van der Waals surface area contributed by atoms with E-state index in [1.54, 1.807) is 0 Å². The van der Waals surface area contributed by atoms with Crippen molar-refractivity contribution >= 4 is 21.8 Å². The second kappa shape index (κ2) is 7.16. The number of benzene rings is 1. The van der Waals surface area contributed by atoms with E-state index in [9.17, 15) is 12.8 Å². The summed E-state index contributed by atoms with van der Waals surface area (Å²) in [7, 11) is 0.121. The number of aromatic nitrogens is 2. The smallest absolute Gasteiger partial charge is 0.243 e. The van der Waals surface area contributed by atoms with Gasteiger partial charge in [-0.2, -0.15) is 9.29 Å². The lowest BCUT2D eigenvalue weighted by Crippen LogP contribution is -2.49. The zero-order valence-electron chi connectivity index (χ0n) is 15.1. The van der Waals surface area contributed by atoms with Crippen LogP contribution in [0.1, 0.15) is 5.69 Å². The van der Waals surface area contributed by atoms with Crippen molar-refractivity contribution < 1.29 is 12.8 Å². The number of piperazine rings is 1. The number of anilines is 2. The molecule has 0 N–H and O–H groups in total. The molecule has 9 heteroatoms. The highest BCUT2D eigenvalue weighted by atomic mass is 32.2. The second-order valence-electron chi connectivity index (χ2n) is 6.41. The van der Waals surface area contributed by atoms with Crippen LogP contribution >= 0.6 is 0 Å². The summed E-state index contributed by atoms with van der Waals surface area (Å²) in [5.74, 6) is 0.841. The van der Waals surface area contributed by atoms with E-state index in [4.69, 9.17) is 0 Å². The lowest BCUT2D eigenvalue weighted by molar-refractivity contribution is 0.382. The molecule has 2 aromatic rings. The zero-order valence-corrected chi connectivity index (χ0v) is 15.9. The largest absolute Gasteiger partial charge is 0.363 e. The molecule has 0 aliphatic carbocycles. The van der Waals surface area contributed by atoms with Gasteiger partial charge in [0.2, 0.25) is 16.0 Å². The maximum absolute atomic E-state index is 13.4. The van der Waals surface area contributed by atoms with Crippen molar-refractivity contribution in [2.45, 2.75) is 11.8 Å². The standard InChI is InChI=1S/C17H22FN5O2S/c1-13-11-16(21(2)3)20-17(19-13)22-7-9-23(10-8-22)26(24,25)15-6-4-5-14(18)12-15/h4-6,11-12H,7-10H2,1-3H3. The molecule has 26 heavy (non-hydrogen) atoms. The van der Waals surface area contributed by atoms with Gasteiger partial charge in [-0.25, -0.2) is 17.8 Å². The van der Waals surface area contributed by atoms with Crippen LogP contribution < -0.4 is 9.80 Å². The highest BCUT2D eigenvalue weighted by Gasteiger charge is 2.29. The Morgan fingerprint density at radius 1 is 1.08 bits per heavy atom. The zero-order chi connectivity index (χ0) is 18.9. The average Bonchev–Trinajstić information content (AvgIpc) is 2.61. The first kappa shape index (κ1) is 18.5. The quantitative estimate of drug-likeness (QED) is 0.802. The van der Waals surface area contributed by atoms with Crippen molar-refractivity contribution in [2.24, 2.45) is 0 Å². The van der Waals surface area contributed by atoms with Gasteiger partial charge in [-0.1, -0.05) is 6.07 Å². The van der Waals surface area contributed by atoms with Crippen LogP contribution in [-0.2, 0) is 10.0 Å². The minimum absolute atomic E-state index is 0.0207. The van der Waals surface area contributed by atoms with Crippen LogP contribution in [0.3, 0.4) is 0 Å². The van der Waals surface area contributed by atoms with Crippen molar-refractivity contribution in [1.29, 1.82) is 0 Å². The number of hydrogen-bond donors (Lipinski definition) is 0. The van der Waals surface area contributed by atoms with Gasteiger partial charge >= 0.3 is 0 Å². The predicted octanol–water partition coefficient (Wildman–Crippen LogP) is 1.50. The highest BCUT2D eigenvalue weighted by Crippen LogP contribution is 2.21. The summed E-state index contributed by atoms with van der Waals surface area (Å²) in [5, 5.41) is 0. The molecule has 0 amide bonds. The maximum atomic E-state index is 13.4. The molecular weight excluding hydrogens is 357 g/mol. The third-order valence-electron chi connectivity index (χ3n) is 4.24. The Labute approximate surface area is 153 Å². The van der Waals surface area contributed by atoms with Crippen molar-refractivity contribution in [3.8, 4) is 0 Å². The van der Waals surface area contributed by atoms with Crippen LogP contribution in [0, 0.1) is 12.7 Å². The van der Waals surface area contributed by atoms with Gasteiger partial charge in [0.1, 0.15) is 11.6 Å². The summed E-state index contributed by atoms with van der Waals surface area (Å²) in [6.07, 6.45) is 0. The molecule has 0 radical (unpaired) electrons. The second-order valence-corrected chi connectivity index (χ2v) is 8.35. The molecule has 0 saturated carbocycles. The summed E-state index contributed by atoms with van der Waals surface area (Å²) < 4.78 is 40.1.